The summed E-state index contributed by atoms with van der Waals surface area (Å²) < 4.78 is 0. The number of amides is 1. The van der Waals surface area contributed by atoms with Gasteiger partial charge in [-0.25, -0.2) is 0 Å². The highest BCUT2D eigenvalue weighted by molar-refractivity contribution is 5.94. The van der Waals surface area contributed by atoms with Gasteiger partial charge in [0, 0.05) is 13.1 Å². The lowest BCUT2D eigenvalue weighted by Gasteiger charge is -2.34. The van der Waals surface area contributed by atoms with Crippen LogP contribution in [0.25, 0.3) is 0 Å². The van der Waals surface area contributed by atoms with Gasteiger partial charge in [-0.05, 0) is 47.5 Å². The van der Waals surface area contributed by atoms with Gasteiger partial charge in [0.05, 0.1) is 30.3 Å². The fourth-order valence-electron chi connectivity index (χ4n) is 5.60. The van der Waals surface area contributed by atoms with Gasteiger partial charge in [-0.1, -0.05) is 129 Å². The second-order valence-electron chi connectivity index (χ2n) is 14.1. The molecule has 0 saturated carbocycles. The molecule has 0 aromatic rings. The lowest BCUT2D eigenvalue weighted by Crippen LogP contribution is -2.62. The van der Waals surface area contributed by atoms with Crippen LogP contribution < -0.4 is 10.6 Å². The Balaban J connectivity index is 4.85. The first kappa shape index (κ1) is 42.7. The third kappa shape index (κ3) is 20.7. The Bertz CT molecular complexity index is 729. The van der Waals surface area contributed by atoms with Crippen molar-refractivity contribution in [3.63, 3.8) is 0 Å². The molecule has 0 aliphatic rings. The van der Waals surface area contributed by atoms with Crippen LogP contribution >= 0.6 is 0 Å². The maximum atomic E-state index is 13.4. The predicted molar refractivity (Wildman–Crippen MR) is 186 cm³/mol. The normalized spacial score (nSPS) is 12.8. The van der Waals surface area contributed by atoms with Crippen molar-refractivity contribution in [2.75, 3.05) is 26.2 Å². The van der Waals surface area contributed by atoms with Crippen LogP contribution in [0.3, 0.4) is 0 Å². The molecule has 1 unspecified atom stereocenters. The summed E-state index contributed by atoms with van der Waals surface area (Å²) in [4.78, 5) is 40.7. The Labute approximate surface area is 272 Å². The molecule has 0 rings (SSSR count). The van der Waals surface area contributed by atoms with E-state index in [0.717, 1.165) is 38.8 Å². The zero-order valence-corrected chi connectivity index (χ0v) is 30.2. The van der Waals surface area contributed by atoms with E-state index in [2.05, 4.69) is 24.5 Å². The summed E-state index contributed by atoms with van der Waals surface area (Å²) in [6, 6.07) is -0.902. The number of aliphatic hydroxyl groups excluding tert-OH is 1. The Morgan fingerprint density at radius 2 is 0.977 bits per heavy atom. The highest BCUT2D eigenvalue weighted by Gasteiger charge is 2.37. The van der Waals surface area contributed by atoms with Crippen LogP contribution in [-0.4, -0.2) is 70.8 Å². The van der Waals surface area contributed by atoms with E-state index in [9.17, 15) is 19.5 Å². The van der Waals surface area contributed by atoms with Crippen LogP contribution in [0.15, 0.2) is 0 Å². The van der Waals surface area contributed by atoms with E-state index < -0.39 is 23.7 Å². The molecule has 0 aliphatic heterocycles. The topological polar surface area (TPSA) is 98.7 Å². The fraction of sp³-hybridized carbons (Fsp3) is 0.919. The third-order valence-corrected chi connectivity index (χ3v) is 9.13. The van der Waals surface area contributed by atoms with Crippen molar-refractivity contribution in [3.05, 3.63) is 0 Å². The van der Waals surface area contributed by atoms with Gasteiger partial charge in [-0.3, -0.25) is 25.0 Å². The minimum atomic E-state index is -1.04. The third-order valence-electron chi connectivity index (χ3n) is 9.13. The van der Waals surface area contributed by atoms with E-state index >= 15 is 0 Å². The number of rotatable bonds is 31. The number of ketones is 2. The monoisotopic (exact) mass is 624 g/mol. The van der Waals surface area contributed by atoms with Gasteiger partial charge in [0.2, 0.25) is 5.91 Å². The van der Waals surface area contributed by atoms with E-state index in [-0.39, 0.29) is 24.0 Å². The average molecular weight is 624 g/mol. The van der Waals surface area contributed by atoms with Crippen LogP contribution in [0.2, 0.25) is 0 Å². The largest absolute Gasteiger partial charge is 0.394 e. The first-order valence-electron chi connectivity index (χ1n) is 18.4. The standard InChI is InChI=1S/C37H73N3O4/c1-8-10-12-14-16-18-20-22-24-26-28-40(29-27-25-23-21-19-17-15-13-11-9-2)34(43)30-38-37(6,7)35(44)33(31-41)39-36(4,5)32(3)42/h33,38-39,41H,8-31H2,1-7H3. The van der Waals surface area contributed by atoms with Crippen molar-refractivity contribution in [2.24, 2.45) is 0 Å². The number of hydrogen-bond donors (Lipinski definition) is 3. The molecule has 0 bridgehead atoms. The molecule has 0 aromatic heterocycles. The van der Waals surface area contributed by atoms with Crippen LogP contribution in [0.5, 0.6) is 0 Å². The van der Waals surface area contributed by atoms with Crippen molar-refractivity contribution < 1.29 is 19.5 Å². The van der Waals surface area contributed by atoms with Crippen molar-refractivity contribution in [3.8, 4) is 0 Å². The first-order valence-corrected chi connectivity index (χ1v) is 18.4. The van der Waals surface area contributed by atoms with Crippen molar-refractivity contribution in [1.82, 2.24) is 15.5 Å². The van der Waals surface area contributed by atoms with Crippen LogP contribution in [0.1, 0.15) is 177 Å². The summed E-state index contributed by atoms with van der Waals surface area (Å²) in [7, 11) is 0. The number of Topliss-reactive ketones (excluding diaryl/α,β-unsaturated/α-hetero) is 2. The second-order valence-corrected chi connectivity index (χ2v) is 14.1. The molecule has 7 nitrogen and oxygen atoms in total. The molecule has 0 spiro atoms. The zero-order chi connectivity index (χ0) is 33.3. The predicted octanol–water partition coefficient (Wildman–Crippen LogP) is 7.91. The molecule has 0 saturated heterocycles. The van der Waals surface area contributed by atoms with E-state index in [1.54, 1.807) is 27.7 Å². The molecule has 44 heavy (non-hydrogen) atoms. The molecule has 1 amide bonds. The Hall–Kier alpha value is -1.31. The van der Waals surface area contributed by atoms with Crippen LogP contribution in [0.4, 0.5) is 0 Å². The minimum Gasteiger partial charge on any atom is -0.394 e. The van der Waals surface area contributed by atoms with Crippen molar-refractivity contribution >= 4 is 17.5 Å². The van der Waals surface area contributed by atoms with Gasteiger partial charge < -0.3 is 10.0 Å². The first-order chi connectivity index (χ1) is 20.9. The number of carbonyl (C=O) groups is 3. The van der Waals surface area contributed by atoms with E-state index in [4.69, 9.17) is 0 Å². The number of unbranched alkanes of at least 4 members (excludes halogenated alkanes) is 18. The number of hydrogen-bond acceptors (Lipinski definition) is 6. The van der Waals surface area contributed by atoms with Gasteiger partial charge in [0.15, 0.2) is 5.78 Å². The molecule has 260 valence electrons. The lowest BCUT2D eigenvalue weighted by atomic mass is 9.90. The Morgan fingerprint density at radius 3 is 1.32 bits per heavy atom. The summed E-state index contributed by atoms with van der Waals surface area (Å²) in [5, 5.41) is 16.1. The molecule has 0 radical (unpaired) electrons. The van der Waals surface area contributed by atoms with Gasteiger partial charge in [0.1, 0.15) is 5.78 Å². The summed E-state index contributed by atoms with van der Waals surface area (Å²) in [5.74, 6) is -0.354. The number of carbonyl (C=O) groups excluding carboxylic acids is 3. The average Bonchev–Trinajstić information content (AvgIpc) is 2.99. The molecular formula is C37H73N3O4. The Kier molecular flexibility index (Phi) is 25.1. The second kappa shape index (κ2) is 25.8. The maximum absolute atomic E-state index is 13.4. The minimum absolute atomic E-state index is 0.0234. The molecule has 7 heteroatoms. The molecule has 1 atom stereocenters. The molecule has 0 fully saturated rings. The summed E-state index contributed by atoms with van der Waals surface area (Å²) in [6.07, 6.45) is 25.3. The quantitative estimate of drug-likeness (QED) is 0.0679. The fourth-order valence-corrected chi connectivity index (χ4v) is 5.60. The smallest absolute Gasteiger partial charge is 0.236 e. The van der Waals surface area contributed by atoms with Gasteiger partial charge in [-0.2, -0.15) is 0 Å². The SMILES string of the molecule is CCCCCCCCCCCCN(CCCCCCCCCCCC)C(=O)CNC(C)(C)C(=O)C(CO)NC(C)(C)C(C)=O. The highest BCUT2D eigenvalue weighted by Crippen LogP contribution is 2.15. The molecule has 0 aromatic carbocycles. The van der Waals surface area contributed by atoms with Gasteiger partial charge in [-0.15, -0.1) is 0 Å². The summed E-state index contributed by atoms with van der Waals surface area (Å²) >= 11 is 0. The molecule has 0 aliphatic carbocycles. The van der Waals surface area contributed by atoms with Crippen molar-refractivity contribution in [1.29, 1.82) is 0 Å². The van der Waals surface area contributed by atoms with Crippen molar-refractivity contribution in [2.45, 2.75) is 194 Å². The van der Waals surface area contributed by atoms with Gasteiger partial charge >= 0.3 is 0 Å². The van der Waals surface area contributed by atoms with E-state index in [0.29, 0.717) is 0 Å². The maximum Gasteiger partial charge on any atom is 0.236 e. The van der Waals surface area contributed by atoms with Crippen LogP contribution in [-0.2, 0) is 14.4 Å². The van der Waals surface area contributed by atoms with E-state index in [1.807, 2.05) is 4.90 Å². The molecule has 3 N–H and O–H groups in total. The number of nitrogens with one attached hydrogen (secondary N) is 2. The summed E-state index contributed by atoms with van der Waals surface area (Å²) in [5.41, 5.74) is -1.97. The molecule has 0 heterocycles. The summed E-state index contributed by atoms with van der Waals surface area (Å²) in [6.45, 7) is 14.0. The lowest BCUT2D eigenvalue weighted by molar-refractivity contribution is -0.132. The van der Waals surface area contributed by atoms with Crippen LogP contribution in [0, 0.1) is 0 Å². The Morgan fingerprint density at radius 1 is 0.614 bits per heavy atom. The van der Waals surface area contributed by atoms with Gasteiger partial charge in [0.25, 0.3) is 0 Å². The number of aliphatic hydroxyl groups is 1. The zero-order valence-electron chi connectivity index (χ0n) is 30.2. The number of nitrogens with zero attached hydrogens (tertiary/aromatic N) is 1. The van der Waals surface area contributed by atoms with E-state index in [1.165, 1.54) is 110 Å². The molecular weight excluding hydrogens is 550 g/mol. The highest BCUT2D eigenvalue weighted by atomic mass is 16.3.